The lowest BCUT2D eigenvalue weighted by Gasteiger charge is -2.27. The van der Waals surface area contributed by atoms with Crippen LogP contribution in [-0.2, 0) is 41.6 Å². The highest BCUT2D eigenvalue weighted by Crippen LogP contribution is 2.47. The first kappa shape index (κ1) is 45.0. The molecule has 2 amide bonds. The van der Waals surface area contributed by atoms with Crippen LogP contribution in [-0.4, -0.2) is 79.0 Å². The maximum Gasteiger partial charge on any atom is 0.224 e. The number of nitrogens with one attached hydrogen (secondary N) is 2. The van der Waals surface area contributed by atoms with Gasteiger partial charge in [-0.15, -0.1) is 0 Å². The molecule has 308 valence electrons. The number of carbonyl (C=O) groups excluding carboxylic acids is 5. The van der Waals surface area contributed by atoms with Crippen molar-refractivity contribution in [3.63, 3.8) is 0 Å². The molecule has 1 saturated heterocycles. The molecule has 9 nitrogen and oxygen atoms in total. The van der Waals surface area contributed by atoms with Gasteiger partial charge >= 0.3 is 0 Å². The summed E-state index contributed by atoms with van der Waals surface area (Å²) >= 11 is 0. The second kappa shape index (κ2) is 22.9. The summed E-state index contributed by atoms with van der Waals surface area (Å²) < 4.78 is 5.44. The van der Waals surface area contributed by atoms with Crippen molar-refractivity contribution in [1.82, 2.24) is 15.5 Å². The molecule has 9 heteroatoms. The summed E-state index contributed by atoms with van der Waals surface area (Å²) in [6.45, 7) is 14.5. The van der Waals surface area contributed by atoms with Crippen LogP contribution in [0.15, 0.2) is 60.7 Å². The van der Waals surface area contributed by atoms with Crippen LogP contribution in [0.2, 0.25) is 0 Å². The van der Waals surface area contributed by atoms with Gasteiger partial charge in [0, 0.05) is 49.6 Å². The zero-order valence-electron chi connectivity index (χ0n) is 34.9. The van der Waals surface area contributed by atoms with Crippen LogP contribution in [0.1, 0.15) is 116 Å². The third-order valence-electron chi connectivity index (χ3n) is 11.5. The monoisotopic (exact) mass is 772 g/mol. The smallest absolute Gasteiger partial charge is 0.224 e. The summed E-state index contributed by atoms with van der Waals surface area (Å²) in [4.78, 5) is 71.8. The predicted octanol–water partition coefficient (Wildman–Crippen LogP) is 7.34. The Labute approximate surface area is 336 Å². The maximum absolute atomic E-state index is 14.3. The molecule has 0 bridgehead atoms. The van der Waals surface area contributed by atoms with E-state index in [4.69, 9.17) is 4.74 Å². The van der Waals surface area contributed by atoms with Gasteiger partial charge in [-0.1, -0.05) is 102 Å². The second-order valence-corrected chi connectivity index (χ2v) is 17.6. The fourth-order valence-corrected chi connectivity index (χ4v) is 7.77. The summed E-state index contributed by atoms with van der Waals surface area (Å²) in [7, 11) is 0. The molecule has 1 unspecified atom stereocenters. The van der Waals surface area contributed by atoms with Crippen molar-refractivity contribution < 1.29 is 28.7 Å². The van der Waals surface area contributed by atoms with Crippen molar-refractivity contribution in [2.45, 2.75) is 130 Å². The van der Waals surface area contributed by atoms with E-state index in [1.54, 1.807) is 0 Å². The minimum Gasteiger partial charge on any atom is -0.379 e. The Hall–Kier alpha value is -3.69. The van der Waals surface area contributed by atoms with E-state index >= 15 is 0 Å². The number of morpholine rings is 1. The molecule has 2 N–H and O–H groups in total. The molecule has 1 heterocycles. The number of aryl methyl sites for hydroxylation is 1. The lowest BCUT2D eigenvalue weighted by Crippen LogP contribution is -2.49. The van der Waals surface area contributed by atoms with E-state index in [0.717, 1.165) is 76.1 Å². The minimum atomic E-state index is -0.804. The van der Waals surface area contributed by atoms with Crippen LogP contribution >= 0.6 is 0 Å². The van der Waals surface area contributed by atoms with Crippen molar-refractivity contribution in [2.24, 2.45) is 29.1 Å². The molecule has 4 rings (SSSR count). The average Bonchev–Trinajstić information content (AvgIpc) is 3.94. The van der Waals surface area contributed by atoms with Crippen LogP contribution in [0.5, 0.6) is 0 Å². The summed E-state index contributed by atoms with van der Waals surface area (Å²) in [6, 6.07) is 18.2. The van der Waals surface area contributed by atoms with Crippen LogP contribution in [0, 0.1) is 29.1 Å². The molecular formula is C47H69N3O6. The Morgan fingerprint density at radius 2 is 1.29 bits per heavy atom. The van der Waals surface area contributed by atoms with Gasteiger partial charge in [0.25, 0.3) is 0 Å². The molecule has 2 fully saturated rings. The number of rotatable bonds is 26. The zero-order valence-corrected chi connectivity index (χ0v) is 34.9. The molecule has 1 aliphatic carbocycles. The first-order valence-electron chi connectivity index (χ1n) is 21.4. The third-order valence-corrected chi connectivity index (χ3v) is 11.5. The molecule has 1 saturated carbocycles. The molecule has 0 aromatic heterocycles. The van der Waals surface area contributed by atoms with Gasteiger partial charge in [0.2, 0.25) is 11.8 Å². The Kier molecular flexibility index (Phi) is 18.4. The van der Waals surface area contributed by atoms with E-state index < -0.39 is 29.3 Å². The Morgan fingerprint density at radius 1 is 0.714 bits per heavy atom. The van der Waals surface area contributed by atoms with Crippen molar-refractivity contribution in [1.29, 1.82) is 0 Å². The Balaban J connectivity index is 1.45. The highest BCUT2D eigenvalue weighted by Gasteiger charge is 2.48. The van der Waals surface area contributed by atoms with E-state index in [9.17, 15) is 24.0 Å². The van der Waals surface area contributed by atoms with Gasteiger partial charge in [0.15, 0.2) is 11.6 Å². The second-order valence-electron chi connectivity index (χ2n) is 17.6. The van der Waals surface area contributed by atoms with E-state index in [1.807, 2.05) is 95.3 Å². The van der Waals surface area contributed by atoms with Gasteiger partial charge in [0.05, 0.1) is 25.3 Å². The fraction of sp³-hybridized carbons (Fsp3) is 0.638. The molecule has 0 radical (unpaired) electrons. The minimum absolute atomic E-state index is 0.0679. The van der Waals surface area contributed by atoms with Gasteiger partial charge in [-0.25, -0.2) is 0 Å². The standard InChI is InChI=1S/C47H69N3O6/c1-34(2)29-41(43(52)33-39(31-37-17-11-7-12-18-37)46(55)49-42(30-35(3)4)44(53)47(5)22-23-47)48-45(54)38(21-20-36-15-9-6-10-16-36)32-40(51)19-13-8-14-24-50-25-27-56-28-26-50/h6-7,9-12,15-18,34-35,38-39,41-42H,8,13-14,19-33H2,1-5H3,(H,48,54)(H,49,55)/t38?,39-,41+,42+/m1/s1. The summed E-state index contributed by atoms with van der Waals surface area (Å²) in [5.41, 5.74) is 1.62. The van der Waals surface area contributed by atoms with Crippen LogP contribution in [0.4, 0.5) is 0 Å². The number of nitrogens with zero attached hydrogens (tertiary/aromatic N) is 1. The normalized spacial score (nSPS) is 17.5. The zero-order chi connectivity index (χ0) is 40.5. The third kappa shape index (κ3) is 15.7. The van der Waals surface area contributed by atoms with E-state index in [2.05, 4.69) is 15.5 Å². The van der Waals surface area contributed by atoms with Crippen molar-refractivity contribution in [3.05, 3.63) is 71.8 Å². The van der Waals surface area contributed by atoms with Crippen molar-refractivity contribution in [3.8, 4) is 0 Å². The lowest BCUT2D eigenvalue weighted by atomic mass is 9.87. The molecule has 2 aromatic carbocycles. The van der Waals surface area contributed by atoms with Crippen LogP contribution < -0.4 is 10.6 Å². The van der Waals surface area contributed by atoms with Crippen LogP contribution in [0.3, 0.4) is 0 Å². The van der Waals surface area contributed by atoms with Crippen molar-refractivity contribution in [2.75, 3.05) is 32.8 Å². The van der Waals surface area contributed by atoms with Gasteiger partial charge in [-0.2, -0.15) is 0 Å². The predicted molar refractivity (Wildman–Crippen MR) is 222 cm³/mol. The molecule has 4 atom stereocenters. The maximum atomic E-state index is 14.3. The fourth-order valence-electron chi connectivity index (χ4n) is 7.77. The number of Topliss-reactive ketones (excluding diaryl/α,β-unsaturated/α-hetero) is 3. The number of hydrogen-bond acceptors (Lipinski definition) is 7. The quantitative estimate of drug-likeness (QED) is 0.0961. The number of ether oxygens (including phenoxy) is 1. The molecule has 56 heavy (non-hydrogen) atoms. The number of ketones is 3. The molecule has 1 aliphatic heterocycles. The van der Waals surface area contributed by atoms with Crippen molar-refractivity contribution >= 4 is 29.2 Å². The number of hydrogen-bond donors (Lipinski definition) is 2. The topological polar surface area (TPSA) is 122 Å². The van der Waals surface area contributed by atoms with Gasteiger partial charge in [-0.05, 0) is 87.3 Å². The van der Waals surface area contributed by atoms with Gasteiger partial charge in [0.1, 0.15) is 5.78 Å². The highest BCUT2D eigenvalue weighted by molar-refractivity contribution is 5.97. The van der Waals surface area contributed by atoms with Gasteiger partial charge in [-0.3, -0.25) is 28.9 Å². The number of benzene rings is 2. The highest BCUT2D eigenvalue weighted by atomic mass is 16.5. The summed E-state index contributed by atoms with van der Waals surface area (Å²) in [5, 5.41) is 6.16. The summed E-state index contributed by atoms with van der Waals surface area (Å²) in [5.74, 6) is -1.66. The molecule has 2 aliphatic rings. The van der Waals surface area contributed by atoms with E-state index in [-0.39, 0.29) is 53.8 Å². The Bertz CT molecular complexity index is 1530. The number of unbranched alkanes of at least 4 members (excludes halogenated alkanes) is 2. The number of amides is 2. The van der Waals surface area contributed by atoms with E-state index in [0.29, 0.717) is 38.5 Å². The average molecular weight is 772 g/mol. The Morgan fingerprint density at radius 3 is 1.89 bits per heavy atom. The van der Waals surface area contributed by atoms with Gasteiger partial charge < -0.3 is 15.4 Å². The first-order valence-corrected chi connectivity index (χ1v) is 21.4. The lowest BCUT2D eigenvalue weighted by molar-refractivity contribution is -0.135. The van der Waals surface area contributed by atoms with E-state index in [1.165, 1.54) is 0 Å². The first-order chi connectivity index (χ1) is 26.8. The summed E-state index contributed by atoms with van der Waals surface area (Å²) in [6.07, 6.45) is 7.34. The SMILES string of the molecule is CC(C)C[C@H](NC(=O)C(CCc1ccccc1)CC(=O)CCCCCN1CCOCC1)C(=O)C[C@@H](Cc1ccccc1)C(=O)N[C@@H](CC(C)C)C(=O)C1(C)CC1. The molecule has 2 aromatic rings. The molecule has 0 spiro atoms. The largest absolute Gasteiger partial charge is 0.379 e. The molecular weight excluding hydrogens is 703 g/mol. The van der Waals surface area contributed by atoms with Crippen LogP contribution in [0.25, 0.3) is 0 Å². The number of carbonyl (C=O) groups is 5.